The van der Waals surface area contributed by atoms with Crippen LogP contribution in [0.5, 0.6) is 0 Å². The van der Waals surface area contributed by atoms with Crippen molar-refractivity contribution < 1.29 is 18.4 Å². The molecule has 1 amide bonds. The van der Waals surface area contributed by atoms with Gasteiger partial charge in [0.1, 0.15) is 12.4 Å². The molecule has 0 bridgehead atoms. The largest absolute Gasteiger partial charge is 0.368 e. The van der Waals surface area contributed by atoms with Gasteiger partial charge in [0.15, 0.2) is 5.82 Å². The molecule has 2 N–H and O–H groups in total. The fourth-order valence-electron chi connectivity index (χ4n) is 3.70. The first-order valence-corrected chi connectivity index (χ1v) is 10.5. The zero-order chi connectivity index (χ0) is 22.3. The Bertz CT molecular complexity index is 795. The van der Waals surface area contributed by atoms with Crippen LogP contribution in [0.2, 0.25) is 0 Å². The van der Waals surface area contributed by atoms with Crippen molar-refractivity contribution in [2.45, 2.75) is 44.6 Å². The molecule has 1 saturated carbocycles. The Morgan fingerprint density at radius 1 is 1.45 bits per heavy atom. The van der Waals surface area contributed by atoms with E-state index in [1.54, 1.807) is 19.2 Å². The Morgan fingerprint density at radius 3 is 2.81 bits per heavy atom. The molecule has 0 radical (unpaired) electrons. The first-order valence-electron chi connectivity index (χ1n) is 10.5. The topological polar surface area (TPSA) is 94.5 Å². The smallest absolute Gasteiger partial charge is 0.268 e. The second kappa shape index (κ2) is 10.6. The molecule has 1 aromatic rings. The van der Waals surface area contributed by atoms with E-state index in [-0.39, 0.29) is 25.2 Å². The summed E-state index contributed by atoms with van der Waals surface area (Å²) in [6.07, 6.45) is 3.28. The van der Waals surface area contributed by atoms with Gasteiger partial charge in [-0.2, -0.15) is 4.99 Å². The minimum atomic E-state index is -2.94. The van der Waals surface area contributed by atoms with Crippen LogP contribution in [-0.2, 0) is 9.63 Å². The summed E-state index contributed by atoms with van der Waals surface area (Å²) in [7, 11) is 1.38. The molecule has 1 aliphatic heterocycles. The molecule has 170 valence electrons. The Hall–Kier alpha value is -2.66. The molecule has 11 heteroatoms. The fraction of sp³-hybridized carbons (Fsp3) is 0.600. The summed E-state index contributed by atoms with van der Waals surface area (Å²) in [6.45, 7) is 5.27. The molecule has 2 heterocycles. The second-order valence-corrected chi connectivity index (χ2v) is 7.42. The van der Waals surface area contributed by atoms with Crippen molar-refractivity contribution in [1.29, 1.82) is 0 Å². The molecule has 1 saturated heterocycles. The second-order valence-electron chi connectivity index (χ2n) is 7.42. The quantitative estimate of drug-likeness (QED) is 0.402. The molecule has 1 aromatic heterocycles. The lowest BCUT2D eigenvalue weighted by Crippen LogP contribution is -2.47. The van der Waals surface area contributed by atoms with Crippen molar-refractivity contribution in [3.8, 4) is 0 Å². The number of hydrogen-bond donors (Lipinski definition) is 2. The predicted octanol–water partition coefficient (Wildman–Crippen LogP) is 2.08. The molecule has 0 aromatic carbocycles. The third kappa shape index (κ3) is 5.95. The van der Waals surface area contributed by atoms with E-state index in [2.05, 4.69) is 30.7 Å². The van der Waals surface area contributed by atoms with E-state index >= 15 is 0 Å². The van der Waals surface area contributed by atoms with Crippen molar-refractivity contribution in [3.05, 3.63) is 18.3 Å². The average Bonchev–Trinajstić information content (AvgIpc) is 3.13. The highest BCUT2D eigenvalue weighted by molar-refractivity contribution is 5.94. The lowest BCUT2D eigenvalue weighted by molar-refractivity contribution is -0.134. The third-order valence-corrected chi connectivity index (χ3v) is 5.33. The summed E-state index contributed by atoms with van der Waals surface area (Å²) in [4.78, 5) is 33.1. The van der Waals surface area contributed by atoms with Gasteiger partial charge in [0.2, 0.25) is 5.91 Å². The van der Waals surface area contributed by atoms with E-state index in [1.807, 2.05) is 6.07 Å². The molecule has 1 aliphatic carbocycles. The number of carbonyl (C=O) groups excluding carboxylic acids is 1. The highest BCUT2D eigenvalue weighted by Gasteiger charge is 2.48. The first kappa shape index (κ1) is 23.0. The molecule has 9 nitrogen and oxygen atoms in total. The van der Waals surface area contributed by atoms with Crippen LogP contribution >= 0.6 is 0 Å². The van der Waals surface area contributed by atoms with Crippen LogP contribution < -0.4 is 15.7 Å². The number of pyridine rings is 1. The number of hydroxylamine groups is 1. The van der Waals surface area contributed by atoms with Gasteiger partial charge in [0.25, 0.3) is 11.9 Å². The van der Waals surface area contributed by atoms with Gasteiger partial charge >= 0.3 is 0 Å². The number of nitrogens with one attached hydrogen (secondary N) is 2. The lowest BCUT2D eigenvalue weighted by Gasteiger charge is -2.29. The van der Waals surface area contributed by atoms with Crippen molar-refractivity contribution in [2.24, 2.45) is 9.98 Å². The van der Waals surface area contributed by atoms with Gasteiger partial charge < -0.3 is 10.2 Å². The van der Waals surface area contributed by atoms with Crippen LogP contribution in [0.15, 0.2) is 28.3 Å². The van der Waals surface area contributed by atoms with E-state index in [9.17, 15) is 13.6 Å². The number of rotatable bonds is 6. The van der Waals surface area contributed by atoms with Gasteiger partial charge in [0, 0.05) is 39.0 Å². The normalized spacial score (nSPS) is 21.5. The maximum atomic E-state index is 14.2. The molecule has 31 heavy (non-hydrogen) atoms. The van der Waals surface area contributed by atoms with Crippen LogP contribution in [0.4, 0.5) is 20.3 Å². The lowest BCUT2D eigenvalue weighted by atomic mass is 10.1. The highest BCUT2D eigenvalue weighted by atomic mass is 19.3. The number of aromatic nitrogens is 1. The van der Waals surface area contributed by atoms with Crippen molar-refractivity contribution in [2.75, 3.05) is 38.2 Å². The number of anilines is 1. The molecule has 1 atom stereocenters. The highest BCUT2D eigenvalue weighted by Crippen LogP contribution is 2.38. The van der Waals surface area contributed by atoms with Crippen LogP contribution in [0.3, 0.4) is 0 Å². The molecule has 2 fully saturated rings. The van der Waals surface area contributed by atoms with E-state index in [4.69, 9.17) is 4.84 Å². The summed E-state index contributed by atoms with van der Waals surface area (Å²) in [5, 5.41) is 3.30. The Kier molecular flexibility index (Phi) is 7.85. The van der Waals surface area contributed by atoms with Crippen molar-refractivity contribution in [1.82, 2.24) is 20.7 Å². The third-order valence-electron chi connectivity index (χ3n) is 5.33. The average molecular weight is 437 g/mol. The van der Waals surface area contributed by atoms with Crippen LogP contribution in [0.25, 0.3) is 0 Å². The zero-order valence-corrected chi connectivity index (χ0v) is 17.9. The van der Waals surface area contributed by atoms with Gasteiger partial charge in [0.05, 0.1) is 19.0 Å². The summed E-state index contributed by atoms with van der Waals surface area (Å²) in [5.41, 5.74) is 3.49. The minimum absolute atomic E-state index is 0.000129. The van der Waals surface area contributed by atoms with Crippen LogP contribution in [-0.4, -0.2) is 73.3 Å². The van der Waals surface area contributed by atoms with Crippen molar-refractivity contribution in [3.63, 3.8) is 0 Å². The zero-order valence-electron chi connectivity index (χ0n) is 17.9. The number of hydrogen-bond acceptors (Lipinski definition) is 6. The van der Waals surface area contributed by atoms with Gasteiger partial charge in [-0.25, -0.2) is 24.2 Å². The number of carbonyl (C=O) groups is 1. The van der Waals surface area contributed by atoms with Gasteiger partial charge in [-0.1, -0.05) is 6.92 Å². The monoisotopic (exact) mass is 437 g/mol. The van der Waals surface area contributed by atoms with E-state index in [0.29, 0.717) is 12.2 Å². The number of amides is 1. The van der Waals surface area contributed by atoms with Crippen molar-refractivity contribution >= 4 is 29.7 Å². The number of halogens is 2. The fourth-order valence-corrected chi connectivity index (χ4v) is 3.70. The summed E-state index contributed by atoms with van der Waals surface area (Å²) < 4.78 is 28.4. The molecule has 3 rings (SSSR count). The summed E-state index contributed by atoms with van der Waals surface area (Å²) in [5.74, 6) is -3.00. The summed E-state index contributed by atoms with van der Waals surface area (Å²) in [6, 6.07) is 2.45. The summed E-state index contributed by atoms with van der Waals surface area (Å²) >= 11 is 0. The van der Waals surface area contributed by atoms with E-state index in [0.717, 1.165) is 43.1 Å². The molecular formula is C20H29F2N7O2. The Balaban J connectivity index is 1.77. The minimum Gasteiger partial charge on any atom is -0.368 e. The Labute approximate surface area is 180 Å². The molecule has 1 unspecified atom stereocenters. The maximum Gasteiger partial charge on any atom is 0.268 e. The number of aliphatic imine (C=N–C) groups is 2. The van der Waals surface area contributed by atoms with Gasteiger partial charge in [-0.05, 0) is 25.0 Å². The molecule has 0 spiro atoms. The van der Waals surface area contributed by atoms with E-state index < -0.39 is 17.9 Å². The first-order chi connectivity index (χ1) is 14.9. The SMILES string of the molecule is CCC(=O)N(C=NC(=Nc1ccc(N2CCNCC2)cn1)NOC)C1CCCC1(F)F. The maximum absolute atomic E-state index is 14.2. The van der Waals surface area contributed by atoms with Crippen LogP contribution in [0.1, 0.15) is 32.6 Å². The Morgan fingerprint density at radius 2 is 2.23 bits per heavy atom. The molecular weight excluding hydrogens is 408 g/mol. The number of alkyl halides is 2. The van der Waals surface area contributed by atoms with Gasteiger partial charge in [-0.3, -0.25) is 14.5 Å². The van der Waals surface area contributed by atoms with Gasteiger partial charge in [-0.15, -0.1) is 0 Å². The number of piperazine rings is 1. The molecule has 2 aliphatic rings. The van der Waals surface area contributed by atoms with E-state index in [1.165, 1.54) is 7.11 Å². The van der Waals surface area contributed by atoms with Crippen LogP contribution in [0, 0.1) is 0 Å². The number of guanidine groups is 1. The standard InChI is InChI=1S/C20H29F2N7O2/c1-3-18(30)29(16-5-4-8-20(16,21)22)14-25-19(27-31-2)26-17-7-6-15(13-24-17)28-11-9-23-10-12-28/h6-7,13-14,16,23H,3-5,8-12H2,1-2H3,(H,24,26,27). The number of nitrogens with zero attached hydrogens (tertiary/aromatic N) is 5. The predicted molar refractivity (Wildman–Crippen MR) is 115 cm³/mol.